The zero-order valence-electron chi connectivity index (χ0n) is 12.3. The predicted molar refractivity (Wildman–Crippen MR) is 82.3 cm³/mol. The minimum atomic E-state index is 0.0199. The van der Waals surface area contributed by atoms with Crippen LogP contribution in [0.15, 0.2) is 17.5 Å². The third kappa shape index (κ3) is 3.25. The van der Waals surface area contributed by atoms with Crippen molar-refractivity contribution >= 4 is 11.3 Å². The quantitative estimate of drug-likeness (QED) is 0.906. The molecule has 4 heteroatoms. The van der Waals surface area contributed by atoms with Gasteiger partial charge in [0.2, 0.25) is 0 Å². The molecule has 2 aliphatic heterocycles. The van der Waals surface area contributed by atoms with Crippen LogP contribution in [0, 0.1) is 5.92 Å². The van der Waals surface area contributed by atoms with Crippen LogP contribution in [0.1, 0.15) is 31.1 Å². The first-order chi connectivity index (χ1) is 9.81. The van der Waals surface area contributed by atoms with Crippen LogP contribution in [0.4, 0.5) is 0 Å². The second-order valence-electron chi connectivity index (χ2n) is 6.03. The number of hydrogen-bond donors (Lipinski definition) is 1. The molecule has 1 spiro atoms. The van der Waals surface area contributed by atoms with Crippen molar-refractivity contribution < 1.29 is 9.47 Å². The number of thiophene rings is 1. The summed E-state index contributed by atoms with van der Waals surface area (Å²) in [6.07, 6.45) is 4.54. The molecular weight excluding hydrogens is 270 g/mol. The molecule has 1 N–H and O–H groups in total. The van der Waals surface area contributed by atoms with Gasteiger partial charge in [-0.05, 0) is 43.2 Å². The minimum absolute atomic E-state index is 0.0199. The van der Waals surface area contributed by atoms with E-state index in [4.69, 9.17) is 9.47 Å². The van der Waals surface area contributed by atoms with Gasteiger partial charge in [0.25, 0.3) is 0 Å². The zero-order chi connectivity index (χ0) is 13.8. The highest BCUT2D eigenvalue weighted by Crippen LogP contribution is 2.37. The van der Waals surface area contributed by atoms with Gasteiger partial charge in [0.05, 0.1) is 12.2 Å². The lowest BCUT2D eigenvalue weighted by atomic mass is 9.80. The minimum Gasteiger partial charge on any atom is -0.378 e. The molecule has 0 aliphatic carbocycles. The van der Waals surface area contributed by atoms with E-state index in [1.165, 1.54) is 11.3 Å². The third-order valence-corrected chi connectivity index (χ3v) is 5.53. The molecule has 20 heavy (non-hydrogen) atoms. The van der Waals surface area contributed by atoms with E-state index in [0.29, 0.717) is 12.0 Å². The molecule has 3 rings (SSSR count). The van der Waals surface area contributed by atoms with Gasteiger partial charge in [-0.15, -0.1) is 11.3 Å². The third-order valence-electron chi connectivity index (χ3n) is 4.63. The molecule has 0 aromatic carbocycles. The van der Waals surface area contributed by atoms with Gasteiger partial charge in [0.15, 0.2) is 0 Å². The van der Waals surface area contributed by atoms with Crippen molar-refractivity contribution in [2.24, 2.45) is 5.92 Å². The molecule has 3 atom stereocenters. The van der Waals surface area contributed by atoms with Gasteiger partial charge in [0, 0.05) is 30.6 Å². The number of nitrogens with one attached hydrogen (secondary N) is 1. The second kappa shape index (κ2) is 6.56. The summed E-state index contributed by atoms with van der Waals surface area (Å²) in [6.45, 7) is 5.79. The summed E-state index contributed by atoms with van der Waals surface area (Å²) in [6, 6.07) is 4.97. The molecular formula is C16H25NO2S. The van der Waals surface area contributed by atoms with Gasteiger partial charge < -0.3 is 14.8 Å². The van der Waals surface area contributed by atoms with Crippen LogP contribution in [0.25, 0.3) is 0 Å². The monoisotopic (exact) mass is 295 g/mol. The molecule has 2 aliphatic rings. The zero-order valence-corrected chi connectivity index (χ0v) is 13.1. The molecule has 2 fully saturated rings. The Bertz CT molecular complexity index is 401. The number of rotatable bonds is 5. The Kier molecular flexibility index (Phi) is 4.76. The molecule has 112 valence electrons. The highest BCUT2D eigenvalue weighted by molar-refractivity contribution is 7.09. The molecule has 3 nitrogen and oxygen atoms in total. The normalized spacial score (nSPS) is 31.8. The summed E-state index contributed by atoms with van der Waals surface area (Å²) in [4.78, 5) is 1.49. The summed E-state index contributed by atoms with van der Waals surface area (Å²) >= 11 is 1.87. The predicted octanol–water partition coefficient (Wildman–Crippen LogP) is 2.85. The Balaban J connectivity index is 1.66. The van der Waals surface area contributed by atoms with E-state index in [2.05, 4.69) is 29.8 Å². The first kappa shape index (κ1) is 14.5. The van der Waals surface area contributed by atoms with Gasteiger partial charge in [-0.1, -0.05) is 13.0 Å². The maximum absolute atomic E-state index is 6.07. The van der Waals surface area contributed by atoms with E-state index < -0.39 is 0 Å². The van der Waals surface area contributed by atoms with Gasteiger partial charge in [-0.2, -0.15) is 0 Å². The molecule has 1 aromatic rings. The van der Waals surface area contributed by atoms with Crippen molar-refractivity contribution in [3.63, 3.8) is 0 Å². The topological polar surface area (TPSA) is 30.5 Å². The van der Waals surface area contributed by atoms with Crippen LogP contribution in [0.5, 0.6) is 0 Å². The van der Waals surface area contributed by atoms with Crippen LogP contribution >= 0.6 is 11.3 Å². The number of ether oxygens (including phenoxy) is 2. The smallest absolute Gasteiger partial charge is 0.0939 e. The van der Waals surface area contributed by atoms with E-state index in [0.717, 1.165) is 45.6 Å². The van der Waals surface area contributed by atoms with Crippen LogP contribution in [-0.2, 0) is 15.9 Å². The lowest BCUT2D eigenvalue weighted by Gasteiger charge is -2.40. The second-order valence-corrected chi connectivity index (χ2v) is 7.07. The summed E-state index contributed by atoms with van der Waals surface area (Å²) in [7, 11) is 0. The Morgan fingerprint density at radius 1 is 1.50 bits per heavy atom. The molecule has 3 unspecified atom stereocenters. The van der Waals surface area contributed by atoms with E-state index in [1.54, 1.807) is 0 Å². The van der Waals surface area contributed by atoms with Crippen molar-refractivity contribution in [3.05, 3.63) is 22.4 Å². The van der Waals surface area contributed by atoms with E-state index in [-0.39, 0.29) is 5.60 Å². The number of hydrogen-bond acceptors (Lipinski definition) is 4. The summed E-state index contributed by atoms with van der Waals surface area (Å²) in [5, 5.41) is 5.88. The largest absolute Gasteiger partial charge is 0.378 e. The molecule has 0 bridgehead atoms. The SMILES string of the molecule is CCNC(Cc1cccs1)C1CCOC2(CCOC2)C1. The first-order valence-corrected chi connectivity index (χ1v) is 8.67. The highest BCUT2D eigenvalue weighted by Gasteiger charge is 2.42. The molecule has 0 amide bonds. The Hall–Kier alpha value is -0.420. The van der Waals surface area contributed by atoms with Crippen molar-refractivity contribution in [2.45, 2.75) is 44.2 Å². The summed E-state index contributed by atoms with van der Waals surface area (Å²) in [5.41, 5.74) is 0.0199. The fraction of sp³-hybridized carbons (Fsp3) is 0.750. The Labute approximate surface area is 125 Å². The summed E-state index contributed by atoms with van der Waals surface area (Å²) in [5.74, 6) is 0.701. The van der Waals surface area contributed by atoms with Crippen molar-refractivity contribution in [1.29, 1.82) is 0 Å². The summed E-state index contributed by atoms with van der Waals surface area (Å²) < 4.78 is 11.7. The lowest BCUT2D eigenvalue weighted by molar-refractivity contribution is -0.103. The van der Waals surface area contributed by atoms with Crippen LogP contribution in [0.3, 0.4) is 0 Å². The van der Waals surface area contributed by atoms with Crippen LogP contribution < -0.4 is 5.32 Å². The maximum Gasteiger partial charge on any atom is 0.0939 e. The van der Waals surface area contributed by atoms with Crippen LogP contribution in [0.2, 0.25) is 0 Å². The van der Waals surface area contributed by atoms with Gasteiger partial charge in [-0.3, -0.25) is 0 Å². The van der Waals surface area contributed by atoms with Gasteiger partial charge in [0.1, 0.15) is 0 Å². The van der Waals surface area contributed by atoms with Crippen molar-refractivity contribution in [1.82, 2.24) is 5.32 Å². The molecule has 0 saturated carbocycles. The van der Waals surface area contributed by atoms with Gasteiger partial charge in [-0.25, -0.2) is 0 Å². The molecule has 0 radical (unpaired) electrons. The van der Waals surface area contributed by atoms with Crippen molar-refractivity contribution in [3.8, 4) is 0 Å². The maximum atomic E-state index is 6.07. The first-order valence-electron chi connectivity index (χ1n) is 7.79. The Morgan fingerprint density at radius 3 is 3.15 bits per heavy atom. The van der Waals surface area contributed by atoms with E-state index in [9.17, 15) is 0 Å². The Morgan fingerprint density at radius 2 is 2.45 bits per heavy atom. The molecule has 3 heterocycles. The number of likely N-dealkylation sites (N-methyl/N-ethyl adjacent to an activating group) is 1. The standard InChI is InChI=1S/C16H25NO2S/c1-2-17-15(10-14-4-3-9-20-14)13-5-7-19-16(11-13)6-8-18-12-16/h3-4,9,13,15,17H,2,5-8,10-12H2,1H3. The van der Waals surface area contributed by atoms with Crippen molar-refractivity contribution in [2.75, 3.05) is 26.4 Å². The van der Waals surface area contributed by atoms with Gasteiger partial charge >= 0.3 is 0 Å². The fourth-order valence-electron chi connectivity index (χ4n) is 3.59. The molecule has 1 aromatic heterocycles. The van der Waals surface area contributed by atoms with E-state index in [1.807, 2.05) is 11.3 Å². The van der Waals surface area contributed by atoms with Crippen LogP contribution in [-0.4, -0.2) is 38.0 Å². The van der Waals surface area contributed by atoms with E-state index >= 15 is 0 Å². The highest BCUT2D eigenvalue weighted by atomic mass is 32.1. The fourth-order valence-corrected chi connectivity index (χ4v) is 4.35. The molecule has 2 saturated heterocycles. The average Bonchev–Trinajstić information content (AvgIpc) is 3.11. The lowest BCUT2D eigenvalue weighted by Crippen LogP contribution is -2.48. The average molecular weight is 295 g/mol.